The number of halogens is 1. The third kappa shape index (κ3) is 3.89. The van der Waals surface area contributed by atoms with E-state index in [4.69, 9.17) is 21.1 Å². The van der Waals surface area contributed by atoms with Gasteiger partial charge < -0.3 is 19.7 Å². The summed E-state index contributed by atoms with van der Waals surface area (Å²) in [4.78, 5) is 28.3. The number of likely N-dealkylation sites (N-methyl/N-ethyl adjacent to an activating group) is 1. The van der Waals surface area contributed by atoms with E-state index in [2.05, 4.69) is 5.32 Å². The van der Waals surface area contributed by atoms with Crippen molar-refractivity contribution in [1.29, 1.82) is 0 Å². The molecule has 2 atom stereocenters. The largest absolute Gasteiger partial charge is 0.497 e. The quantitative estimate of drug-likeness (QED) is 0.600. The van der Waals surface area contributed by atoms with E-state index in [9.17, 15) is 9.59 Å². The second-order valence-electron chi connectivity index (χ2n) is 7.54. The smallest absolute Gasteiger partial charge is 0.254 e. The molecule has 2 amide bonds. The van der Waals surface area contributed by atoms with Crippen LogP contribution in [0.3, 0.4) is 0 Å². The lowest BCUT2D eigenvalue weighted by Crippen LogP contribution is -2.44. The van der Waals surface area contributed by atoms with Crippen LogP contribution in [0.4, 0.5) is 5.69 Å². The molecular weight excluding hydrogens is 428 g/mol. The number of ether oxygens (including phenoxy) is 2. The summed E-state index contributed by atoms with van der Waals surface area (Å²) in [5.74, 6) is 0.238. The Labute approximate surface area is 191 Å². The molecule has 0 fully saturated rings. The van der Waals surface area contributed by atoms with Gasteiger partial charge >= 0.3 is 0 Å². The maximum atomic E-state index is 13.6. The number of anilines is 1. The average molecular weight is 451 g/mol. The molecule has 1 heterocycles. The van der Waals surface area contributed by atoms with Gasteiger partial charge in [0.25, 0.3) is 5.91 Å². The molecule has 0 unspecified atom stereocenters. The maximum Gasteiger partial charge on any atom is 0.254 e. The lowest BCUT2D eigenvalue weighted by atomic mass is 9.79. The zero-order valence-corrected chi connectivity index (χ0v) is 18.7. The van der Waals surface area contributed by atoms with E-state index in [0.29, 0.717) is 33.3 Å². The predicted molar refractivity (Wildman–Crippen MR) is 124 cm³/mol. The summed E-state index contributed by atoms with van der Waals surface area (Å²) in [6.45, 7) is 0. The first kappa shape index (κ1) is 21.7. The van der Waals surface area contributed by atoms with Crippen molar-refractivity contribution in [3.05, 3.63) is 88.4 Å². The number of carbonyl (C=O) groups is 2. The number of amides is 2. The number of methoxy groups -OCH3 is 2. The summed E-state index contributed by atoms with van der Waals surface area (Å²) < 4.78 is 10.4. The third-order valence-electron chi connectivity index (χ3n) is 5.74. The van der Waals surface area contributed by atoms with E-state index >= 15 is 0 Å². The molecule has 6 nitrogen and oxygen atoms in total. The predicted octanol–water partition coefficient (Wildman–Crippen LogP) is 4.91. The van der Waals surface area contributed by atoms with Crippen LogP contribution >= 0.6 is 11.6 Å². The normalized spacial score (nSPS) is 17.5. The minimum atomic E-state index is -0.622. The monoisotopic (exact) mass is 450 g/mol. The highest BCUT2D eigenvalue weighted by molar-refractivity contribution is 6.32. The van der Waals surface area contributed by atoms with Crippen LogP contribution in [0.25, 0.3) is 0 Å². The van der Waals surface area contributed by atoms with E-state index in [1.54, 1.807) is 49.4 Å². The minimum absolute atomic E-state index is 0.127. The van der Waals surface area contributed by atoms with E-state index in [-0.39, 0.29) is 11.8 Å². The highest BCUT2D eigenvalue weighted by Crippen LogP contribution is 2.43. The first-order chi connectivity index (χ1) is 15.4. The second kappa shape index (κ2) is 8.93. The van der Waals surface area contributed by atoms with Gasteiger partial charge in [-0.15, -0.1) is 0 Å². The molecule has 32 heavy (non-hydrogen) atoms. The molecule has 4 rings (SSSR count). The molecule has 0 saturated carbocycles. The molecule has 7 heteroatoms. The summed E-state index contributed by atoms with van der Waals surface area (Å²) in [7, 11) is 4.85. The van der Waals surface area contributed by atoms with Crippen molar-refractivity contribution < 1.29 is 19.1 Å². The van der Waals surface area contributed by atoms with Crippen molar-refractivity contribution in [3.63, 3.8) is 0 Å². The van der Waals surface area contributed by atoms with Crippen LogP contribution in [0.15, 0.2) is 66.7 Å². The van der Waals surface area contributed by atoms with Gasteiger partial charge in [0.1, 0.15) is 11.5 Å². The van der Waals surface area contributed by atoms with Crippen molar-refractivity contribution in [2.75, 3.05) is 26.6 Å². The molecule has 0 bridgehead atoms. The van der Waals surface area contributed by atoms with Gasteiger partial charge in [-0.2, -0.15) is 0 Å². The Bertz CT molecular complexity index is 1160. The fourth-order valence-electron chi connectivity index (χ4n) is 4.14. The lowest BCUT2D eigenvalue weighted by Gasteiger charge is -2.39. The Morgan fingerprint density at radius 3 is 2.38 bits per heavy atom. The average Bonchev–Trinajstić information content (AvgIpc) is 2.81. The van der Waals surface area contributed by atoms with Gasteiger partial charge in [0, 0.05) is 18.3 Å². The highest BCUT2D eigenvalue weighted by Gasteiger charge is 2.42. The van der Waals surface area contributed by atoms with Gasteiger partial charge in [-0.3, -0.25) is 9.59 Å². The SMILES string of the molecule is COc1ccc([C@H]2[C@@H](C(=O)Nc3ccc(OC)c(Cl)c3)c3ccccc3C(=O)N2C)cc1. The Morgan fingerprint density at radius 2 is 1.72 bits per heavy atom. The summed E-state index contributed by atoms with van der Waals surface area (Å²) in [5, 5.41) is 3.36. The Hall–Kier alpha value is -3.51. The molecule has 3 aromatic rings. The second-order valence-corrected chi connectivity index (χ2v) is 7.94. The van der Waals surface area contributed by atoms with Gasteiger partial charge in [-0.1, -0.05) is 41.9 Å². The van der Waals surface area contributed by atoms with Crippen molar-refractivity contribution >= 4 is 29.1 Å². The van der Waals surface area contributed by atoms with Crippen LogP contribution in [-0.2, 0) is 4.79 Å². The molecule has 164 valence electrons. The molecule has 1 aliphatic heterocycles. The molecule has 3 aromatic carbocycles. The number of hydrogen-bond acceptors (Lipinski definition) is 4. The molecular formula is C25H23ClN2O4. The number of rotatable bonds is 5. The summed E-state index contributed by atoms with van der Waals surface area (Å²) in [5.41, 5.74) is 2.59. The van der Waals surface area contributed by atoms with Crippen molar-refractivity contribution in [2.45, 2.75) is 12.0 Å². The molecule has 0 spiro atoms. The molecule has 1 N–H and O–H groups in total. The third-order valence-corrected chi connectivity index (χ3v) is 6.03. The van der Waals surface area contributed by atoms with Crippen LogP contribution in [0.2, 0.25) is 5.02 Å². The van der Waals surface area contributed by atoms with Crippen LogP contribution in [0, 0.1) is 0 Å². The first-order valence-electron chi connectivity index (χ1n) is 10.1. The van der Waals surface area contributed by atoms with Gasteiger partial charge in [-0.05, 0) is 47.5 Å². The number of nitrogens with one attached hydrogen (secondary N) is 1. The number of hydrogen-bond donors (Lipinski definition) is 1. The van der Waals surface area contributed by atoms with Gasteiger partial charge in [0.2, 0.25) is 5.91 Å². The molecule has 0 aromatic heterocycles. The maximum absolute atomic E-state index is 13.6. The van der Waals surface area contributed by atoms with Crippen molar-refractivity contribution in [3.8, 4) is 11.5 Å². The lowest BCUT2D eigenvalue weighted by molar-refractivity contribution is -0.119. The van der Waals surface area contributed by atoms with Crippen LogP contribution in [-0.4, -0.2) is 38.0 Å². The van der Waals surface area contributed by atoms with Crippen LogP contribution < -0.4 is 14.8 Å². The Balaban J connectivity index is 1.76. The summed E-state index contributed by atoms with van der Waals surface area (Å²) in [6.07, 6.45) is 0. The van der Waals surface area contributed by atoms with E-state index in [1.165, 1.54) is 7.11 Å². The highest BCUT2D eigenvalue weighted by atomic mass is 35.5. The Kier molecular flexibility index (Phi) is 6.06. The summed E-state index contributed by atoms with van der Waals surface area (Å²) in [6, 6.07) is 19.2. The van der Waals surface area contributed by atoms with E-state index < -0.39 is 12.0 Å². The van der Waals surface area contributed by atoms with Crippen molar-refractivity contribution in [2.24, 2.45) is 0 Å². The van der Waals surface area contributed by atoms with E-state index in [0.717, 1.165) is 5.56 Å². The summed E-state index contributed by atoms with van der Waals surface area (Å²) >= 11 is 6.23. The number of carbonyl (C=O) groups excluding carboxylic acids is 2. The van der Waals surface area contributed by atoms with E-state index in [1.807, 2.05) is 36.4 Å². The molecule has 0 saturated heterocycles. The number of nitrogens with zero attached hydrogens (tertiary/aromatic N) is 1. The zero-order valence-electron chi connectivity index (χ0n) is 18.0. The van der Waals surface area contributed by atoms with Crippen LogP contribution in [0.1, 0.15) is 33.4 Å². The fourth-order valence-corrected chi connectivity index (χ4v) is 4.40. The molecule has 0 radical (unpaired) electrons. The topological polar surface area (TPSA) is 67.9 Å². The van der Waals surface area contributed by atoms with Gasteiger partial charge in [-0.25, -0.2) is 0 Å². The number of fused-ring (bicyclic) bond motifs is 1. The standard InChI is InChI=1S/C25H23ClN2O4/c1-28-23(15-8-11-17(31-2)12-9-15)22(18-6-4-5-7-19(18)25(28)30)24(29)27-16-10-13-21(32-3)20(26)14-16/h4-14,22-23H,1-3H3,(H,27,29)/t22-,23-/m0/s1. The Morgan fingerprint density at radius 1 is 1.00 bits per heavy atom. The fraction of sp³-hybridized carbons (Fsp3) is 0.200. The van der Waals surface area contributed by atoms with Crippen LogP contribution in [0.5, 0.6) is 11.5 Å². The van der Waals surface area contributed by atoms with Crippen molar-refractivity contribution in [1.82, 2.24) is 4.90 Å². The first-order valence-corrected chi connectivity index (χ1v) is 10.5. The van der Waals surface area contributed by atoms with Gasteiger partial charge in [0.05, 0.1) is 31.2 Å². The molecule has 1 aliphatic rings. The zero-order chi connectivity index (χ0) is 22.8. The molecule has 0 aliphatic carbocycles. The minimum Gasteiger partial charge on any atom is -0.497 e. The van der Waals surface area contributed by atoms with Gasteiger partial charge in [0.15, 0.2) is 0 Å². The number of benzene rings is 3.